The van der Waals surface area contributed by atoms with Crippen LogP contribution in [0.25, 0.3) is 11.1 Å². The monoisotopic (exact) mass is 227 g/mol. The highest BCUT2D eigenvalue weighted by molar-refractivity contribution is 5.74. The Morgan fingerprint density at radius 1 is 1.00 bits per heavy atom. The minimum absolute atomic E-state index is 0.811. The van der Waals surface area contributed by atoms with E-state index in [2.05, 4.69) is 19.1 Å². The third-order valence-electron chi connectivity index (χ3n) is 2.95. The zero-order valence-corrected chi connectivity index (χ0v) is 10.4. The molecule has 0 bridgehead atoms. The van der Waals surface area contributed by atoms with Gasteiger partial charge < -0.3 is 10.5 Å². The van der Waals surface area contributed by atoms with Crippen molar-refractivity contribution >= 4 is 5.69 Å². The first-order chi connectivity index (χ1) is 8.11. The molecule has 2 rings (SSSR count). The predicted molar refractivity (Wildman–Crippen MR) is 72.3 cm³/mol. The maximum absolute atomic E-state index is 5.95. The molecule has 0 spiro atoms. The summed E-state index contributed by atoms with van der Waals surface area (Å²) in [6.45, 7) is 4.08. The lowest BCUT2D eigenvalue weighted by molar-refractivity contribution is 0.416. The van der Waals surface area contributed by atoms with Crippen LogP contribution in [0.4, 0.5) is 5.69 Å². The summed E-state index contributed by atoms with van der Waals surface area (Å²) in [6.07, 6.45) is 0. The van der Waals surface area contributed by atoms with Gasteiger partial charge in [0.25, 0.3) is 0 Å². The molecule has 0 aliphatic heterocycles. The second-order valence-corrected chi connectivity index (χ2v) is 4.28. The summed E-state index contributed by atoms with van der Waals surface area (Å²) in [5.41, 5.74) is 11.2. The molecule has 2 aromatic rings. The van der Waals surface area contributed by atoms with Crippen LogP contribution in [0.2, 0.25) is 0 Å². The van der Waals surface area contributed by atoms with E-state index < -0.39 is 0 Å². The maximum Gasteiger partial charge on any atom is 0.126 e. The van der Waals surface area contributed by atoms with E-state index in [-0.39, 0.29) is 0 Å². The summed E-state index contributed by atoms with van der Waals surface area (Å²) in [4.78, 5) is 0. The van der Waals surface area contributed by atoms with Gasteiger partial charge in [0.2, 0.25) is 0 Å². The normalized spacial score (nSPS) is 10.3. The number of benzene rings is 2. The Hall–Kier alpha value is -1.96. The molecule has 0 fully saturated rings. The quantitative estimate of drug-likeness (QED) is 0.796. The van der Waals surface area contributed by atoms with Gasteiger partial charge in [-0.2, -0.15) is 0 Å². The third-order valence-corrected chi connectivity index (χ3v) is 2.95. The average Bonchev–Trinajstić information content (AvgIpc) is 2.32. The average molecular weight is 227 g/mol. The molecule has 2 N–H and O–H groups in total. The van der Waals surface area contributed by atoms with Gasteiger partial charge in [-0.25, -0.2) is 0 Å². The second kappa shape index (κ2) is 4.50. The molecule has 2 aromatic carbocycles. The highest BCUT2D eigenvalue weighted by Crippen LogP contribution is 2.32. The van der Waals surface area contributed by atoms with Crippen LogP contribution >= 0.6 is 0 Å². The highest BCUT2D eigenvalue weighted by Gasteiger charge is 2.07. The number of hydrogen-bond acceptors (Lipinski definition) is 2. The van der Waals surface area contributed by atoms with Gasteiger partial charge in [0, 0.05) is 11.3 Å². The fourth-order valence-electron chi connectivity index (χ4n) is 1.86. The first kappa shape index (κ1) is 11.5. The van der Waals surface area contributed by atoms with Gasteiger partial charge in [0.1, 0.15) is 5.75 Å². The van der Waals surface area contributed by atoms with Gasteiger partial charge in [0.05, 0.1) is 7.11 Å². The van der Waals surface area contributed by atoms with Crippen LogP contribution in [0.3, 0.4) is 0 Å². The van der Waals surface area contributed by atoms with Crippen molar-refractivity contribution in [2.45, 2.75) is 13.8 Å². The van der Waals surface area contributed by atoms with E-state index in [1.54, 1.807) is 7.11 Å². The molecule has 0 saturated carbocycles. The smallest absolute Gasteiger partial charge is 0.126 e. The molecule has 2 heteroatoms. The van der Waals surface area contributed by atoms with E-state index in [0.29, 0.717) is 0 Å². The summed E-state index contributed by atoms with van der Waals surface area (Å²) < 4.78 is 5.38. The van der Waals surface area contributed by atoms with Crippen molar-refractivity contribution < 1.29 is 4.74 Å². The van der Waals surface area contributed by atoms with Gasteiger partial charge in [-0.15, -0.1) is 0 Å². The molecule has 0 radical (unpaired) electrons. The van der Waals surface area contributed by atoms with Gasteiger partial charge in [-0.05, 0) is 43.2 Å². The van der Waals surface area contributed by atoms with Crippen molar-refractivity contribution in [2.24, 2.45) is 0 Å². The van der Waals surface area contributed by atoms with E-state index in [1.165, 1.54) is 5.56 Å². The first-order valence-electron chi connectivity index (χ1n) is 5.63. The molecule has 88 valence electrons. The Labute approximate surface area is 102 Å². The first-order valence-corrected chi connectivity index (χ1v) is 5.63. The van der Waals surface area contributed by atoms with E-state index in [9.17, 15) is 0 Å². The largest absolute Gasteiger partial charge is 0.496 e. The van der Waals surface area contributed by atoms with Crippen LogP contribution in [0.15, 0.2) is 36.4 Å². The zero-order chi connectivity index (χ0) is 12.4. The number of nitrogens with two attached hydrogens (primary N) is 1. The van der Waals surface area contributed by atoms with Crippen LogP contribution in [0.1, 0.15) is 11.1 Å². The highest BCUT2D eigenvalue weighted by atomic mass is 16.5. The van der Waals surface area contributed by atoms with Gasteiger partial charge >= 0.3 is 0 Å². The molecule has 0 aromatic heterocycles. The summed E-state index contributed by atoms with van der Waals surface area (Å²) in [7, 11) is 1.69. The van der Waals surface area contributed by atoms with Crippen molar-refractivity contribution in [3.8, 4) is 16.9 Å². The number of ether oxygens (including phenoxy) is 1. The standard InChI is InChI=1S/C15H17NO/c1-10-4-7-15(17-3)13(8-10)12-6-5-11(2)14(16)9-12/h4-9H,16H2,1-3H3. The van der Waals surface area contributed by atoms with Gasteiger partial charge in [0.15, 0.2) is 0 Å². The van der Waals surface area contributed by atoms with Crippen molar-refractivity contribution in [2.75, 3.05) is 12.8 Å². The molecule has 0 aliphatic carbocycles. The fourth-order valence-corrected chi connectivity index (χ4v) is 1.86. The molecule has 17 heavy (non-hydrogen) atoms. The minimum Gasteiger partial charge on any atom is -0.496 e. The van der Waals surface area contributed by atoms with E-state index in [4.69, 9.17) is 10.5 Å². The number of nitrogen functional groups attached to an aromatic ring is 1. The Morgan fingerprint density at radius 3 is 2.41 bits per heavy atom. The summed E-state index contributed by atoms with van der Waals surface area (Å²) in [5.74, 6) is 0.874. The van der Waals surface area contributed by atoms with E-state index >= 15 is 0 Å². The molecule has 0 amide bonds. The van der Waals surface area contributed by atoms with Crippen LogP contribution in [-0.4, -0.2) is 7.11 Å². The summed E-state index contributed by atoms with van der Waals surface area (Å²) in [5, 5.41) is 0. The molecule has 0 atom stereocenters. The van der Waals surface area contributed by atoms with Crippen molar-refractivity contribution in [3.63, 3.8) is 0 Å². The lowest BCUT2D eigenvalue weighted by Gasteiger charge is -2.11. The number of rotatable bonds is 2. The summed E-state index contributed by atoms with van der Waals surface area (Å²) in [6, 6.07) is 12.2. The Balaban J connectivity index is 2.58. The fraction of sp³-hybridized carbons (Fsp3) is 0.200. The summed E-state index contributed by atoms with van der Waals surface area (Å²) >= 11 is 0. The maximum atomic E-state index is 5.95. The van der Waals surface area contributed by atoms with Gasteiger partial charge in [-0.3, -0.25) is 0 Å². The van der Waals surface area contributed by atoms with Gasteiger partial charge in [-0.1, -0.05) is 23.8 Å². The molecular weight excluding hydrogens is 210 g/mol. The minimum atomic E-state index is 0.811. The molecule has 0 saturated heterocycles. The van der Waals surface area contributed by atoms with Crippen LogP contribution < -0.4 is 10.5 Å². The molecule has 0 heterocycles. The number of aryl methyl sites for hydroxylation is 2. The van der Waals surface area contributed by atoms with Crippen molar-refractivity contribution in [1.29, 1.82) is 0 Å². The van der Waals surface area contributed by atoms with E-state index in [0.717, 1.165) is 28.1 Å². The lowest BCUT2D eigenvalue weighted by Crippen LogP contribution is -1.92. The lowest BCUT2D eigenvalue weighted by atomic mass is 10.0. The molecular formula is C15H17NO. The van der Waals surface area contributed by atoms with Crippen LogP contribution in [0.5, 0.6) is 5.75 Å². The molecule has 0 unspecified atom stereocenters. The van der Waals surface area contributed by atoms with Crippen molar-refractivity contribution in [3.05, 3.63) is 47.5 Å². The Morgan fingerprint density at radius 2 is 1.76 bits per heavy atom. The Bertz CT molecular complexity index is 547. The zero-order valence-electron chi connectivity index (χ0n) is 10.4. The van der Waals surface area contributed by atoms with Crippen LogP contribution in [0, 0.1) is 13.8 Å². The SMILES string of the molecule is COc1ccc(C)cc1-c1ccc(C)c(N)c1. The number of methoxy groups -OCH3 is 1. The number of hydrogen-bond donors (Lipinski definition) is 1. The molecule has 2 nitrogen and oxygen atoms in total. The Kier molecular flexibility index (Phi) is 3.05. The second-order valence-electron chi connectivity index (χ2n) is 4.28. The molecule has 0 aliphatic rings. The van der Waals surface area contributed by atoms with Crippen molar-refractivity contribution in [1.82, 2.24) is 0 Å². The third kappa shape index (κ3) is 2.26. The predicted octanol–water partition coefficient (Wildman–Crippen LogP) is 3.56. The topological polar surface area (TPSA) is 35.2 Å². The van der Waals surface area contributed by atoms with Crippen LogP contribution in [-0.2, 0) is 0 Å². The number of anilines is 1. The van der Waals surface area contributed by atoms with E-state index in [1.807, 2.05) is 31.2 Å².